The second-order valence-electron chi connectivity index (χ2n) is 10.4. The van der Waals surface area contributed by atoms with Crippen LogP contribution in [0.2, 0.25) is 0 Å². The summed E-state index contributed by atoms with van der Waals surface area (Å²) in [6, 6.07) is 12.1. The van der Waals surface area contributed by atoms with E-state index >= 15 is 0 Å². The lowest BCUT2D eigenvalue weighted by atomic mass is 9.79. The Morgan fingerprint density at radius 3 is 2.78 bits per heavy atom. The molecule has 1 saturated carbocycles. The van der Waals surface area contributed by atoms with Gasteiger partial charge in [-0.15, -0.1) is 0 Å². The maximum atomic E-state index is 12.9. The van der Waals surface area contributed by atoms with E-state index in [2.05, 4.69) is 22.4 Å². The van der Waals surface area contributed by atoms with Gasteiger partial charge in [0.25, 0.3) is 0 Å². The van der Waals surface area contributed by atoms with E-state index in [1.807, 2.05) is 37.4 Å². The van der Waals surface area contributed by atoms with E-state index in [1.165, 1.54) is 24.6 Å². The molecule has 4 aromatic rings. The van der Waals surface area contributed by atoms with Crippen molar-refractivity contribution in [3.63, 3.8) is 0 Å². The Morgan fingerprint density at radius 2 is 1.92 bits per heavy atom. The fourth-order valence-corrected chi connectivity index (χ4v) is 6.05. The molecule has 2 aliphatic rings. The van der Waals surface area contributed by atoms with Gasteiger partial charge in [0.2, 0.25) is 5.91 Å². The van der Waals surface area contributed by atoms with Crippen molar-refractivity contribution in [2.75, 3.05) is 6.54 Å². The number of hydrogen-bond acceptors (Lipinski definition) is 4. The lowest BCUT2D eigenvalue weighted by molar-refractivity contribution is -0.120. The Morgan fingerprint density at radius 1 is 1.08 bits per heavy atom. The van der Waals surface area contributed by atoms with Gasteiger partial charge in [0.05, 0.1) is 12.0 Å². The van der Waals surface area contributed by atoms with E-state index in [0.29, 0.717) is 24.1 Å². The van der Waals surface area contributed by atoms with E-state index in [9.17, 15) is 9.59 Å². The quantitative estimate of drug-likeness (QED) is 0.366. The van der Waals surface area contributed by atoms with Crippen LogP contribution in [0, 0.1) is 6.92 Å². The molecule has 0 atom stereocenters. The van der Waals surface area contributed by atoms with Crippen molar-refractivity contribution in [2.24, 2.45) is 0 Å². The fraction of sp³-hybridized carbons (Fsp3) is 0.400. The van der Waals surface area contributed by atoms with Crippen LogP contribution in [0.15, 0.2) is 51.8 Å². The van der Waals surface area contributed by atoms with E-state index in [0.717, 1.165) is 59.0 Å². The van der Waals surface area contributed by atoms with Crippen LogP contribution in [0.25, 0.3) is 21.9 Å². The Labute approximate surface area is 210 Å². The molecular formula is C30H32N2O4. The Bertz CT molecular complexity index is 1510. The molecule has 1 fully saturated rings. The highest BCUT2D eigenvalue weighted by molar-refractivity contribution is 5.86. The second kappa shape index (κ2) is 9.16. The van der Waals surface area contributed by atoms with Crippen LogP contribution in [-0.4, -0.2) is 23.0 Å². The minimum atomic E-state index is -0.449. The zero-order chi connectivity index (χ0) is 24.7. The van der Waals surface area contributed by atoms with E-state index < -0.39 is 5.63 Å². The normalized spacial score (nSPS) is 16.7. The summed E-state index contributed by atoms with van der Waals surface area (Å²) < 4.78 is 12.2. The van der Waals surface area contributed by atoms with Crippen LogP contribution < -0.4 is 15.7 Å². The average molecular weight is 485 g/mol. The first-order valence-electron chi connectivity index (χ1n) is 13.1. The third-order valence-corrected chi connectivity index (χ3v) is 8.14. The van der Waals surface area contributed by atoms with Gasteiger partial charge in [-0.1, -0.05) is 24.6 Å². The SMILES string of the molecule is Cc1c(CC(=O)NCCc2c[nH]c3ccccc23)c(=O)oc2cc3c(cc12)CCC1(CCCCC1)O3. The molecule has 6 rings (SSSR count). The number of aryl methyl sites for hydroxylation is 2. The standard InChI is InChI=1S/C30H32N2O4/c1-19-23-15-20-9-13-30(11-5-2-6-12-30)36-26(20)17-27(23)35-29(34)24(19)16-28(33)31-14-10-21-18-32-25-8-4-3-7-22(21)25/h3-4,7-8,15,17-18,32H,2,5-6,9-14,16H2,1H3,(H,31,33). The van der Waals surface area contributed by atoms with Crippen LogP contribution >= 0.6 is 0 Å². The van der Waals surface area contributed by atoms with Gasteiger partial charge < -0.3 is 19.5 Å². The molecule has 36 heavy (non-hydrogen) atoms. The van der Waals surface area contributed by atoms with Crippen LogP contribution in [-0.2, 0) is 24.1 Å². The predicted octanol–water partition coefficient (Wildman–Crippen LogP) is 5.51. The number of carbonyl (C=O) groups excluding carboxylic acids is 1. The number of aromatic nitrogens is 1. The third kappa shape index (κ3) is 4.19. The number of para-hydroxylation sites is 1. The molecule has 6 nitrogen and oxygen atoms in total. The first-order valence-corrected chi connectivity index (χ1v) is 13.1. The summed E-state index contributed by atoms with van der Waals surface area (Å²) >= 11 is 0. The van der Waals surface area contributed by atoms with Gasteiger partial charge in [-0.05, 0) is 80.7 Å². The molecular weight excluding hydrogens is 452 g/mol. The smallest absolute Gasteiger partial charge is 0.340 e. The Balaban J connectivity index is 1.17. The summed E-state index contributed by atoms with van der Waals surface area (Å²) in [6.45, 7) is 2.41. The Kier molecular flexibility index (Phi) is 5.82. The molecule has 2 N–H and O–H groups in total. The number of fused-ring (bicyclic) bond motifs is 3. The van der Waals surface area contributed by atoms with Crippen molar-refractivity contribution in [3.8, 4) is 5.75 Å². The molecule has 0 bridgehead atoms. The van der Waals surface area contributed by atoms with Gasteiger partial charge in [0, 0.05) is 35.1 Å². The van der Waals surface area contributed by atoms with Crippen molar-refractivity contribution in [3.05, 3.63) is 75.3 Å². The van der Waals surface area contributed by atoms with Crippen LogP contribution in [0.3, 0.4) is 0 Å². The van der Waals surface area contributed by atoms with Gasteiger partial charge in [0.15, 0.2) is 0 Å². The van der Waals surface area contributed by atoms with E-state index in [4.69, 9.17) is 9.15 Å². The summed E-state index contributed by atoms with van der Waals surface area (Å²) in [4.78, 5) is 28.9. The fourth-order valence-electron chi connectivity index (χ4n) is 6.05. The number of H-pyrrole nitrogens is 1. The average Bonchev–Trinajstić information content (AvgIpc) is 3.29. The summed E-state index contributed by atoms with van der Waals surface area (Å²) in [6.07, 6.45) is 10.6. The third-order valence-electron chi connectivity index (χ3n) is 8.14. The molecule has 3 heterocycles. The van der Waals surface area contributed by atoms with Crippen molar-refractivity contribution >= 4 is 27.8 Å². The summed E-state index contributed by atoms with van der Waals surface area (Å²) in [5, 5.41) is 5.02. The van der Waals surface area contributed by atoms with Crippen molar-refractivity contribution in [1.29, 1.82) is 0 Å². The summed E-state index contributed by atoms with van der Waals surface area (Å²) in [5.74, 6) is 0.672. The molecule has 6 heteroatoms. The minimum Gasteiger partial charge on any atom is -0.487 e. The molecule has 1 aliphatic carbocycles. The summed E-state index contributed by atoms with van der Waals surface area (Å²) in [5.41, 5.74) is 4.67. The molecule has 0 unspecified atom stereocenters. The molecule has 0 saturated heterocycles. The molecule has 186 valence electrons. The van der Waals surface area contributed by atoms with Crippen LogP contribution in [0.5, 0.6) is 5.75 Å². The predicted molar refractivity (Wildman–Crippen MR) is 141 cm³/mol. The van der Waals surface area contributed by atoms with Gasteiger partial charge in [-0.3, -0.25) is 4.79 Å². The highest BCUT2D eigenvalue weighted by Gasteiger charge is 2.37. The zero-order valence-electron chi connectivity index (χ0n) is 20.7. The number of nitrogens with one attached hydrogen (secondary N) is 2. The van der Waals surface area contributed by atoms with Crippen LogP contribution in [0.4, 0.5) is 0 Å². The van der Waals surface area contributed by atoms with Crippen LogP contribution in [0.1, 0.15) is 60.8 Å². The highest BCUT2D eigenvalue weighted by atomic mass is 16.5. The van der Waals surface area contributed by atoms with Crippen molar-refractivity contribution in [2.45, 2.75) is 70.3 Å². The molecule has 2 aromatic heterocycles. The topological polar surface area (TPSA) is 84.3 Å². The maximum absolute atomic E-state index is 12.9. The Hall–Kier alpha value is -3.54. The highest BCUT2D eigenvalue weighted by Crippen LogP contribution is 2.43. The lowest BCUT2D eigenvalue weighted by Crippen LogP contribution is -2.41. The van der Waals surface area contributed by atoms with Gasteiger partial charge in [-0.25, -0.2) is 4.79 Å². The van der Waals surface area contributed by atoms with Gasteiger partial charge in [-0.2, -0.15) is 0 Å². The molecule has 1 aliphatic heterocycles. The number of hydrogen-bond donors (Lipinski definition) is 2. The largest absolute Gasteiger partial charge is 0.487 e. The number of aromatic amines is 1. The summed E-state index contributed by atoms with van der Waals surface area (Å²) in [7, 11) is 0. The molecule has 2 aromatic carbocycles. The second-order valence-corrected chi connectivity index (χ2v) is 10.4. The lowest BCUT2D eigenvalue weighted by Gasteiger charge is -2.41. The van der Waals surface area contributed by atoms with Crippen molar-refractivity contribution < 1.29 is 13.9 Å². The van der Waals surface area contributed by atoms with E-state index in [1.54, 1.807) is 0 Å². The number of benzene rings is 2. The number of rotatable bonds is 5. The molecule has 0 radical (unpaired) electrons. The van der Waals surface area contributed by atoms with Gasteiger partial charge in [0.1, 0.15) is 16.9 Å². The van der Waals surface area contributed by atoms with Crippen molar-refractivity contribution in [1.82, 2.24) is 10.3 Å². The number of ether oxygens (including phenoxy) is 1. The first-order chi connectivity index (χ1) is 17.5. The van der Waals surface area contributed by atoms with E-state index in [-0.39, 0.29) is 17.9 Å². The number of carbonyl (C=O) groups is 1. The molecule has 1 amide bonds. The molecule has 1 spiro atoms. The minimum absolute atomic E-state index is 0.00862. The first kappa shape index (κ1) is 22.9. The van der Waals surface area contributed by atoms with Gasteiger partial charge >= 0.3 is 5.63 Å². The zero-order valence-corrected chi connectivity index (χ0v) is 20.7. The maximum Gasteiger partial charge on any atom is 0.340 e. The number of amides is 1. The monoisotopic (exact) mass is 484 g/mol.